The maximum Gasteiger partial charge on any atom is 0.263 e. The van der Waals surface area contributed by atoms with Gasteiger partial charge in [0.15, 0.2) is 11.5 Å². The molecule has 0 radical (unpaired) electrons. The highest BCUT2D eigenvalue weighted by Gasteiger charge is 2.12. The second kappa shape index (κ2) is 3.69. The van der Waals surface area contributed by atoms with E-state index in [1.165, 1.54) is 0 Å². The van der Waals surface area contributed by atoms with Crippen LogP contribution >= 0.6 is 0 Å². The molecule has 1 aromatic carbocycles. The minimum Gasteiger partial charge on any atom is -0.454 e. The van der Waals surface area contributed by atoms with Crippen molar-refractivity contribution in [2.75, 3.05) is 12.1 Å². The van der Waals surface area contributed by atoms with E-state index in [0.717, 1.165) is 17.1 Å². The molecule has 7 heteroatoms. The summed E-state index contributed by atoms with van der Waals surface area (Å²) in [6, 6.07) is 5.77. The number of H-pyrrole nitrogens is 1. The standard InChI is InChI=1S/C9H9N5O2/c1-2-7-8(16-5-15-7)3-6(1)4-10-9-11-13-14-12-9/h1-3H,4-5H2,(H2,10,11,12,13,14). The number of hydrogen-bond donors (Lipinski definition) is 2. The maximum atomic E-state index is 5.28. The van der Waals surface area contributed by atoms with Gasteiger partial charge in [-0.3, -0.25) is 0 Å². The molecular formula is C9H9N5O2. The molecular weight excluding hydrogens is 210 g/mol. The van der Waals surface area contributed by atoms with E-state index in [4.69, 9.17) is 9.47 Å². The molecule has 2 aromatic rings. The molecule has 0 atom stereocenters. The van der Waals surface area contributed by atoms with Crippen LogP contribution in [0.25, 0.3) is 0 Å². The minimum absolute atomic E-state index is 0.289. The van der Waals surface area contributed by atoms with Gasteiger partial charge in [-0.15, -0.1) is 5.10 Å². The quantitative estimate of drug-likeness (QED) is 0.783. The summed E-state index contributed by atoms with van der Waals surface area (Å²) in [5.74, 6) is 2.02. The lowest BCUT2D eigenvalue weighted by atomic mass is 10.2. The molecule has 2 heterocycles. The van der Waals surface area contributed by atoms with E-state index in [1.807, 2.05) is 18.2 Å². The first-order valence-electron chi connectivity index (χ1n) is 4.78. The smallest absolute Gasteiger partial charge is 0.263 e. The molecule has 2 N–H and O–H groups in total. The molecule has 0 spiro atoms. The van der Waals surface area contributed by atoms with Crippen molar-refractivity contribution in [1.82, 2.24) is 20.6 Å². The van der Waals surface area contributed by atoms with Gasteiger partial charge in [0.25, 0.3) is 5.95 Å². The number of nitrogens with zero attached hydrogens (tertiary/aromatic N) is 3. The largest absolute Gasteiger partial charge is 0.454 e. The number of rotatable bonds is 3. The van der Waals surface area contributed by atoms with Crippen LogP contribution in [0.15, 0.2) is 18.2 Å². The third-order valence-electron chi connectivity index (χ3n) is 2.23. The lowest BCUT2D eigenvalue weighted by Crippen LogP contribution is -2.00. The molecule has 0 saturated carbocycles. The van der Waals surface area contributed by atoms with Crippen LogP contribution in [0, 0.1) is 0 Å². The molecule has 0 unspecified atom stereocenters. The predicted octanol–water partition coefficient (Wildman–Crippen LogP) is 0.540. The molecule has 82 valence electrons. The van der Waals surface area contributed by atoms with Crippen molar-refractivity contribution >= 4 is 5.95 Å². The third-order valence-corrected chi connectivity index (χ3v) is 2.23. The zero-order valence-corrected chi connectivity index (χ0v) is 8.30. The van der Waals surface area contributed by atoms with Crippen LogP contribution in [0.2, 0.25) is 0 Å². The first kappa shape index (κ1) is 8.96. The Kier molecular flexibility index (Phi) is 2.06. The zero-order valence-electron chi connectivity index (χ0n) is 8.30. The van der Waals surface area contributed by atoms with E-state index in [9.17, 15) is 0 Å². The number of aromatic amines is 1. The fourth-order valence-electron chi connectivity index (χ4n) is 1.47. The molecule has 0 aliphatic carbocycles. The highest BCUT2D eigenvalue weighted by atomic mass is 16.7. The number of anilines is 1. The van der Waals surface area contributed by atoms with Gasteiger partial charge in [-0.2, -0.15) is 5.21 Å². The van der Waals surface area contributed by atoms with Crippen molar-refractivity contribution in [2.45, 2.75) is 6.54 Å². The van der Waals surface area contributed by atoms with Gasteiger partial charge in [0.2, 0.25) is 6.79 Å². The summed E-state index contributed by atoms with van der Waals surface area (Å²) >= 11 is 0. The molecule has 16 heavy (non-hydrogen) atoms. The highest BCUT2D eigenvalue weighted by Crippen LogP contribution is 2.32. The van der Waals surface area contributed by atoms with E-state index in [2.05, 4.69) is 25.9 Å². The van der Waals surface area contributed by atoms with Crippen molar-refractivity contribution in [2.24, 2.45) is 0 Å². The Balaban J connectivity index is 1.71. The monoisotopic (exact) mass is 219 g/mol. The van der Waals surface area contributed by atoms with Gasteiger partial charge in [0.1, 0.15) is 0 Å². The second-order valence-electron chi connectivity index (χ2n) is 3.28. The Hall–Kier alpha value is -2.31. The van der Waals surface area contributed by atoms with Crippen molar-refractivity contribution in [3.05, 3.63) is 23.8 Å². The number of nitrogens with one attached hydrogen (secondary N) is 2. The molecule has 1 aromatic heterocycles. The number of tetrazole rings is 1. The molecule has 3 rings (SSSR count). The maximum absolute atomic E-state index is 5.28. The predicted molar refractivity (Wildman–Crippen MR) is 54.1 cm³/mol. The van der Waals surface area contributed by atoms with Gasteiger partial charge < -0.3 is 14.8 Å². The molecule has 0 fully saturated rings. The molecule has 7 nitrogen and oxygen atoms in total. The minimum atomic E-state index is 0.289. The fraction of sp³-hybridized carbons (Fsp3) is 0.222. The third kappa shape index (κ3) is 1.62. The molecule has 0 saturated heterocycles. The summed E-state index contributed by atoms with van der Waals surface area (Å²) in [6.45, 7) is 0.896. The van der Waals surface area contributed by atoms with E-state index >= 15 is 0 Å². The number of ether oxygens (including phenoxy) is 2. The molecule has 0 amide bonds. The van der Waals surface area contributed by atoms with Crippen LogP contribution in [0.1, 0.15) is 5.56 Å². The number of hydrogen-bond acceptors (Lipinski definition) is 6. The second-order valence-corrected chi connectivity index (χ2v) is 3.28. The van der Waals surface area contributed by atoms with Gasteiger partial charge in [0.05, 0.1) is 0 Å². The topological polar surface area (TPSA) is 85.0 Å². The Bertz CT molecular complexity index is 485. The summed E-state index contributed by atoms with van der Waals surface area (Å²) in [5, 5.41) is 16.4. The van der Waals surface area contributed by atoms with Crippen molar-refractivity contribution in [1.29, 1.82) is 0 Å². The summed E-state index contributed by atoms with van der Waals surface area (Å²) in [7, 11) is 0. The average Bonchev–Trinajstić information content (AvgIpc) is 2.97. The lowest BCUT2D eigenvalue weighted by molar-refractivity contribution is 0.174. The van der Waals surface area contributed by atoms with E-state index < -0.39 is 0 Å². The molecule has 1 aliphatic rings. The van der Waals surface area contributed by atoms with Gasteiger partial charge >= 0.3 is 0 Å². The van der Waals surface area contributed by atoms with E-state index in [1.54, 1.807) is 0 Å². The van der Waals surface area contributed by atoms with E-state index in [-0.39, 0.29) is 6.79 Å². The summed E-state index contributed by atoms with van der Waals surface area (Å²) in [6.07, 6.45) is 0. The SMILES string of the molecule is c1cc2c(cc1CNc1nn[nH]n1)OCO2. The Labute approximate surface area is 90.8 Å². The van der Waals surface area contributed by atoms with Crippen molar-refractivity contribution in [3.8, 4) is 11.5 Å². The van der Waals surface area contributed by atoms with Gasteiger partial charge in [-0.05, 0) is 22.9 Å². The number of aromatic nitrogens is 4. The Morgan fingerprint density at radius 1 is 1.31 bits per heavy atom. The van der Waals surface area contributed by atoms with Crippen molar-refractivity contribution < 1.29 is 9.47 Å². The van der Waals surface area contributed by atoms with Gasteiger partial charge in [-0.25, -0.2) is 0 Å². The van der Waals surface area contributed by atoms with Crippen LogP contribution in [0.4, 0.5) is 5.95 Å². The highest BCUT2D eigenvalue weighted by molar-refractivity contribution is 5.45. The van der Waals surface area contributed by atoms with Crippen LogP contribution in [0.3, 0.4) is 0 Å². The van der Waals surface area contributed by atoms with Crippen LogP contribution in [-0.2, 0) is 6.54 Å². The summed E-state index contributed by atoms with van der Waals surface area (Å²) < 4.78 is 10.5. The number of benzene rings is 1. The average molecular weight is 219 g/mol. The van der Waals surface area contributed by atoms with Crippen molar-refractivity contribution in [3.63, 3.8) is 0 Å². The fourth-order valence-corrected chi connectivity index (χ4v) is 1.47. The Morgan fingerprint density at radius 2 is 2.25 bits per heavy atom. The summed E-state index contributed by atoms with van der Waals surface area (Å²) in [4.78, 5) is 0. The van der Waals surface area contributed by atoms with E-state index in [0.29, 0.717) is 12.5 Å². The Morgan fingerprint density at radius 3 is 3.12 bits per heavy atom. The van der Waals surface area contributed by atoms with Gasteiger partial charge in [-0.1, -0.05) is 11.2 Å². The first-order valence-corrected chi connectivity index (χ1v) is 4.78. The molecule has 1 aliphatic heterocycles. The lowest BCUT2D eigenvalue weighted by Gasteiger charge is -2.02. The first-order chi connectivity index (χ1) is 7.92. The zero-order chi connectivity index (χ0) is 10.8. The number of fused-ring (bicyclic) bond motifs is 1. The normalized spacial score (nSPS) is 12.8. The van der Waals surface area contributed by atoms with Crippen LogP contribution in [0.5, 0.6) is 11.5 Å². The van der Waals surface area contributed by atoms with Crippen LogP contribution < -0.4 is 14.8 Å². The van der Waals surface area contributed by atoms with Crippen LogP contribution in [-0.4, -0.2) is 27.4 Å². The van der Waals surface area contributed by atoms with Gasteiger partial charge in [0, 0.05) is 6.54 Å². The summed E-state index contributed by atoms with van der Waals surface area (Å²) in [5.41, 5.74) is 1.06. The molecule has 0 bridgehead atoms.